The topological polar surface area (TPSA) is 409 Å². The Bertz CT molecular complexity index is 1630. The lowest BCUT2D eigenvalue weighted by atomic mass is 10.0. The summed E-state index contributed by atoms with van der Waals surface area (Å²) in [6.07, 6.45) is 12.3. The van der Waals surface area contributed by atoms with Crippen molar-refractivity contribution in [1.82, 2.24) is 31.9 Å². The fourth-order valence-electron chi connectivity index (χ4n) is 7.35. The second-order valence-electron chi connectivity index (χ2n) is 18.1. The number of aliphatic hydroxyl groups excluding tert-OH is 1. The molecule has 0 aliphatic rings. The predicted molar refractivity (Wildman–Crippen MR) is 261 cm³/mol. The highest BCUT2D eigenvalue weighted by Crippen LogP contribution is 2.14. The van der Waals surface area contributed by atoms with Gasteiger partial charge in [-0.05, 0) is 64.3 Å². The lowest BCUT2D eigenvalue weighted by Gasteiger charge is -2.27. The number of nitrogens with two attached hydrogens (primary N) is 5. The summed E-state index contributed by atoms with van der Waals surface area (Å²) in [5.41, 5.74) is 27.4. The summed E-state index contributed by atoms with van der Waals surface area (Å²) >= 11 is 0. The Morgan fingerprint density at radius 2 is 0.957 bits per heavy atom. The quantitative estimate of drug-likeness (QED) is 0.0215. The summed E-state index contributed by atoms with van der Waals surface area (Å²) in [6.45, 7) is 7.34. The number of hydrogen-bond donors (Lipinski definition) is 13. The first-order valence-corrected chi connectivity index (χ1v) is 24.7. The average Bonchev–Trinajstić information content (AvgIpc) is 3.26. The second kappa shape index (κ2) is 37.3. The number of carbonyl (C=O) groups is 9. The van der Waals surface area contributed by atoms with Gasteiger partial charge in [0.25, 0.3) is 0 Å². The van der Waals surface area contributed by atoms with Crippen molar-refractivity contribution >= 4 is 59.2 Å². The number of primary amides is 2. The molecule has 0 fully saturated rings. The molecule has 0 bridgehead atoms. The number of aliphatic carboxylic acids is 1. The van der Waals surface area contributed by atoms with E-state index in [1.807, 2.05) is 0 Å². The van der Waals surface area contributed by atoms with Crippen LogP contribution in [0.4, 0.5) is 0 Å². The molecule has 23 nitrogen and oxygen atoms in total. The molecule has 0 heterocycles. The lowest BCUT2D eigenvalue weighted by molar-refractivity contribution is -0.142. The second-order valence-corrected chi connectivity index (χ2v) is 18.1. The normalized spacial score (nSPS) is 14.1. The van der Waals surface area contributed by atoms with Gasteiger partial charge in [-0.15, -0.1) is 0 Å². The number of hydrogen-bond acceptors (Lipinski definition) is 12. The number of carboxylic acids is 1. The van der Waals surface area contributed by atoms with Crippen LogP contribution in [-0.4, -0.2) is 125 Å². The summed E-state index contributed by atoms with van der Waals surface area (Å²) in [7, 11) is 0. The molecule has 0 spiro atoms. The van der Waals surface area contributed by atoms with E-state index in [2.05, 4.69) is 43.8 Å². The van der Waals surface area contributed by atoms with Gasteiger partial charge in [0.05, 0.1) is 18.9 Å². The molecule has 0 rings (SSSR count). The first kappa shape index (κ1) is 63.4. The smallest absolute Gasteiger partial charge is 0.305 e. The average molecular weight is 983 g/mol. The number of carbonyl (C=O) groups excluding carboxylic acids is 8. The molecule has 0 unspecified atom stereocenters. The molecular formula is C46H86N12O11. The van der Waals surface area contributed by atoms with Crippen LogP contribution in [0.5, 0.6) is 0 Å². The summed E-state index contributed by atoms with van der Waals surface area (Å²) in [5, 5.41) is 34.7. The molecule has 0 aromatic rings. The van der Waals surface area contributed by atoms with Gasteiger partial charge in [-0.3, -0.25) is 48.1 Å². The number of amides is 8. The molecule has 396 valence electrons. The zero-order valence-electron chi connectivity index (χ0n) is 41.5. The number of guanidine groups is 1. The monoisotopic (exact) mass is 983 g/mol. The maximum absolute atomic E-state index is 13.9. The third-order valence-electron chi connectivity index (χ3n) is 11.2. The van der Waals surface area contributed by atoms with Crippen molar-refractivity contribution in [3.63, 3.8) is 0 Å². The Balaban J connectivity index is 6.05. The predicted octanol–water partition coefficient (Wildman–Crippen LogP) is -0.179. The van der Waals surface area contributed by atoms with Crippen LogP contribution in [0, 0.1) is 5.92 Å². The Morgan fingerprint density at radius 3 is 1.39 bits per heavy atom. The van der Waals surface area contributed by atoms with Crippen LogP contribution in [0.3, 0.4) is 0 Å². The van der Waals surface area contributed by atoms with Crippen LogP contribution in [0.2, 0.25) is 0 Å². The fourth-order valence-corrected chi connectivity index (χ4v) is 7.35. The number of unbranched alkanes of at least 4 members (excludes halogenated alkanes) is 13. The van der Waals surface area contributed by atoms with Crippen LogP contribution < -0.4 is 60.6 Å². The number of carboxylic acid groups (broad SMARTS) is 1. The van der Waals surface area contributed by atoms with Gasteiger partial charge < -0.3 is 70.8 Å². The van der Waals surface area contributed by atoms with E-state index in [1.54, 1.807) is 13.8 Å². The molecule has 7 atom stereocenters. The van der Waals surface area contributed by atoms with Crippen LogP contribution in [0.1, 0.15) is 169 Å². The molecule has 0 saturated heterocycles. The van der Waals surface area contributed by atoms with Crippen LogP contribution in [0.15, 0.2) is 4.99 Å². The zero-order valence-corrected chi connectivity index (χ0v) is 41.5. The van der Waals surface area contributed by atoms with Crippen molar-refractivity contribution in [3.8, 4) is 0 Å². The third kappa shape index (κ3) is 31.2. The maximum atomic E-state index is 13.9. The Labute approximate surface area is 407 Å². The van der Waals surface area contributed by atoms with E-state index in [0.717, 1.165) is 25.7 Å². The van der Waals surface area contributed by atoms with Crippen molar-refractivity contribution in [2.24, 2.45) is 39.6 Å². The molecule has 23 heteroatoms. The number of rotatable bonds is 41. The summed E-state index contributed by atoms with van der Waals surface area (Å²) in [5.74, 6) is -9.40. The largest absolute Gasteiger partial charge is 0.481 e. The minimum absolute atomic E-state index is 0.00100. The van der Waals surface area contributed by atoms with Crippen molar-refractivity contribution < 1.29 is 53.4 Å². The van der Waals surface area contributed by atoms with Crippen molar-refractivity contribution in [2.75, 3.05) is 13.1 Å². The number of nitrogens with one attached hydrogen (secondary N) is 6. The van der Waals surface area contributed by atoms with E-state index in [9.17, 15) is 53.4 Å². The summed E-state index contributed by atoms with van der Waals surface area (Å²) in [6, 6.07) is -9.11. The Morgan fingerprint density at radius 1 is 0.522 bits per heavy atom. The van der Waals surface area contributed by atoms with Crippen LogP contribution in [0.25, 0.3) is 0 Å². The van der Waals surface area contributed by atoms with E-state index in [0.29, 0.717) is 19.3 Å². The van der Waals surface area contributed by atoms with Gasteiger partial charge in [-0.1, -0.05) is 97.8 Å². The van der Waals surface area contributed by atoms with E-state index < -0.39 is 108 Å². The van der Waals surface area contributed by atoms with Gasteiger partial charge in [0, 0.05) is 13.0 Å². The zero-order chi connectivity index (χ0) is 52.3. The van der Waals surface area contributed by atoms with Gasteiger partial charge in [0.15, 0.2) is 5.96 Å². The molecule has 0 radical (unpaired) electrons. The maximum Gasteiger partial charge on any atom is 0.305 e. The van der Waals surface area contributed by atoms with E-state index >= 15 is 0 Å². The molecular weight excluding hydrogens is 897 g/mol. The van der Waals surface area contributed by atoms with E-state index in [-0.39, 0.29) is 57.1 Å². The van der Waals surface area contributed by atoms with Gasteiger partial charge in [0.2, 0.25) is 47.3 Å². The molecule has 0 aromatic heterocycles. The molecule has 0 aromatic carbocycles. The highest BCUT2D eigenvalue weighted by atomic mass is 16.4. The summed E-state index contributed by atoms with van der Waals surface area (Å²) in [4.78, 5) is 121. The molecule has 0 aliphatic carbocycles. The van der Waals surface area contributed by atoms with Gasteiger partial charge >= 0.3 is 5.97 Å². The van der Waals surface area contributed by atoms with Crippen molar-refractivity contribution in [3.05, 3.63) is 0 Å². The summed E-state index contributed by atoms with van der Waals surface area (Å²) < 4.78 is 0. The Kier molecular flexibility index (Phi) is 34.3. The minimum Gasteiger partial charge on any atom is -0.481 e. The standard InChI is InChI=1S/C46H86N12O11/c1-5-6-7-8-9-10-11-12-13-14-15-16-17-23-37(61)58-39(30(4)59)45(69)54-32(22-20-25-52-46(50)51)42(66)56-34(27-36(48)60)43(67)57-35(28-38(62)63)44(68)53-31(21-18-19-24-47)41(65)55-33(40(49)64)26-29(2)3/h29-35,39,59H,5-28,47H2,1-4H3,(H2,48,60)(H2,49,64)(H,53,68)(H,54,69)(H,55,65)(H,56,66)(H,57,67)(H,58,61)(H,62,63)(H4,50,51,52)/t30-,31+,32+,33+,34+,35+,39+/m1/s1. The molecule has 18 N–H and O–H groups in total. The van der Waals surface area contributed by atoms with Crippen molar-refractivity contribution in [1.29, 1.82) is 0 Å². The SMILES string of the molecule is CCCCCCCCCCCCCCCC(=O)N[C@H](C(=O)N[C@@H](CCCN=C(N)N)C(=O)N[C@@H](CC(N)=O)C(=O)N[C@@H](CC(=O)O)C(=O)N[C@@H](CCCCN)C(=O)N[C@@H](CC(C)C)C(N)=O)[C@@H](C)O. The third-order valence-corrected chi connectivity index (χ3v) is 11.2. The lowest BCUT2D eigenvalue weighted by Crippen LogP contribution is -2.61. The van der Waals surface area contributed by atoms with E-state index in [1.165, 1.54) is 58.3 Å². The number of aliphatic imine (C=N–C) groups is 1. The molecule has 8 amide bonds. The first-order valence-electron chi connectivity index (χ1n) is 24.7. The minimum atomic E-state index is -1.88. The Hall–Kier alpha value is -5.58. The molecule has 69 heavy (non-hydrogen) atoms. The van der Waals surface area contributed by atoms with Gasteiger partial charge in [0.1, 0.15) is 36.3 Å². The highest BCUT2D eigenvalue weighted by Gasteiger charge is 2.35. The highest BCUT2D eigenvalue weighted by molar-refractivity contribution is 5.99. The van der Waals surface area contributed by atoms with E-state index in [4.69, 9.17) is 28.7 Å². The van der Waals surface area contributed by atoms with Crippen LogP contribution >= 0.6 is 0 Å². The fraction of sp³-hybridized carbons (Fsp3) is 0.783. The number of aliphatic hydroxyl groups is 1. The van der Waals surface area contributed by atoms with Crippen molar-refractivity contribution in [2.45, 2.75) is 211 Å². The van der Waals surface area contributed by atoms with Gasteiger partial charge in [-0.2, -0.15) is 0 Å². The first-order chi connectivity index (χ1) is 32.6. The number of nitrogens with zero attached hydrogens (tertiary/aromatic N) is 1. The van der Waals surface area contributed by atoms with Gasteiger partial charge in [-0.25, -0.2) is 0 Å². The molecule has 0 aliphatic heterocycles. The molecule has 0 saturated carbocycles. The van der Waals surface area contributed by atoms with Crippen LogP contribution in [-0.2, 0) is 43.2 Å².